The van der Waals surface area contributed by atoms with Gasteiger partial charge in [0.15, 0.2) is 0 Å². The number of aliphatic hydroxyl groups is 1. The summed E-state index contributed by atoms with van der Waals surface area (Å²) in [6.07, 6.45) is 0.618. The van der Waals surface area contributed by atoms with Crippen molar-refractivity contribution < 1.29 is 19.4 Å². The summed E-state index contributed by atoms with van der Waals surface area (Å²) in [5.74, 6) is 0.680. The molecule has 0 bridgehead atoms. The number of imide groups is 1. The quantitative estimate of drug-likeness (QED) is 0.712. The summed E-state index contributed by atoms with van der Waals surface area (Å²) in [7, 11) is 0. The van der Waals surface area contributed by atoms with Crippen LogP contribution >= 0.6 is 0 Å². The molecule has 1 fully saturated rings. The molecule has 1 aromatic carbocycles. The number of nitrogens with one attached hydrogen (secondary N) is 1. The highest BCUT2D eigenvalue weighted by atomic mass is 16.5. The molecule has 3 amide bonds. The molecule has 0 unspecified atom stereocenters. The zero-order valence-corrected chi connectivity index (χ0v) is 14.5. The maximum Gasteiger partial charge on any atom is 0.324 e. The van der Waals surface area contributed by atoms with Gasteiger partial charge in [-0.25, -0.2) is 4.79 Å². The molecule has 1 heterocycles. The number of carbonyl (C=O) groups excluding carboxylic acids is 2. The van der Waals surface area contributed by atoms with E-state index >= 15 is 0 Å². The van der Waals surface area contributed by atoms with E-state index in [0.29, 0.717) is 18.1 Å². The van der Waals surface area contributed by atoms with Crippen molar-refractivity contribution in [3.05, 3.63) is 29.8 Å². The van der Waals surface area contributed by atoms with Gasteiger partial charge in [0.2, 0.25) is 0 Å². The third kappa shape index (κ3) is 4.71. The zero-order chi connectivity index (χ0) is 17.7. The number of aliphatic hydroxyl groups excluding tert-OH is 1. The van der Waals surface area contributed by atoms with E-state index in [1.54, 1.807) is 0 Å². The van der Waals surface area contributed by atoms with Crippen LogP contribution in [0.1, 0.15) is 32.8 Å². The number of rotatable bonds is 8. The number of carbonyl (C=O) groups is 2. The van der Waals surface area contributed by atoms with Gasteiger partial charge in [-0.05, 0) is 36.5 Å². The first kappa shape index (κ1) is 18.3. The van der Waals surface area contributed by atoms with E-state index < -0.39 is 18.2 Å². The molecule has 0 aromatic heterocycles. The Morgan fingerprint density at radius 3 is 2.50 bits per heavy atom. The third-order valence-corrected chi connectivity index (χ3v) is 3.98. The lowest BCUT2D eigenvalue weighted by molar-refractivity contribution is -0.128. The number of amides is 3. The van der Waals surface area contributed by atoms with Crippen LogP contribution in [0.25, 0.3) is 0 Å². The molecule has 1 saturated heterocycles. The van der Waals surface area contributed by atoms with Crippen molar-refractivity contribution in [1.29, 1.82) is 0 Å². The summed E-state index contributed by atoms with van der Waals surface area (Å²) >= 11 is 0. The van der Waals surface area contributed by atoms with Gasteiger partial charge in [-0.3, -0.25) is 9.69 Å². The highest BCUT2D eigenvalue weighted by Gasteiger charge is 2.38. The Hall–Kier alpha value is -2.08. The normalized spacial score (nSPS) is 18.9. The first-order valence-corrected chi connectivity index (χ1v) is 8.42. The molecule has 2 atom stereocenters. The molecule has 2 rings (SSSR count). The number of aryl methyl sites for hydroxylation is 1. The predicted molar refractivity (Wildman–Crippen MR) is 90.8 cm³/mol. The maximum atomic E-state index is 12.2. The van der Waals surface area contributed by atoms with E-state index in [9.17, 15) is 14.7 Å². The lowest BCUT2D eigenvalue weighted by atomic mass is 10.0. The van der Waals surface area contributed by atoms with Crippen LogP contribution in [0.15, 0.2) is 24.3 Å². The molecule has 1 aromatic rings. The Morgan fingerprint density at radius 2 is 1.92 bits per heavy atom. The van der Waals surface area contributed by atoms with Crippen LogP contribution in [0.5, 0.6) is 5.75 Å². The molecular formula is C18H26N2O4. The van der Waals surface area contributed by atoms with E-state index in [2.05, 4.69) is 12.2 Å². The van der Waals surface area contributed by atoms with Gasteiger partial charge in [0.1, 0.15) is 24.5 Å². The molecule has 2 N–H and O–H groups in total. The summed E-state index contributed by atoms with van der Waals surface area (Å²) in [6, 6.07) is 6.69. The van der Waals surface area contributed by atoms with Crippen LogP contribution in [0.4, 0.5) is 4.79 Å². The molecular weight excluding hydrogens is 308 g/mol. The molecule has 0 spiro atoms. The van der Waals surface area contributed by atoms with Gasteiger partial charge < -0.3 is 15.2 Å². The molecule has 6 heteroatoms. The van der Waals surface area contributed by atoms with Crippen LogP contribution in [-0.2, 0) is 11.2 Å². The van der Waals surface area contributed by atoms with Crippen molar-refractivity contribution in [3.63, 3.8) is 0 Å². The van der Waals surface area contributed by atoms with Gasteiger partial charge in [0.25, 0.3) is 5.91 Å². The van der Waals surface area contributed by atoms with Crippen molar-refractivity contribution in [2.24, 2.45) is 5.92 Å². The summed E-state index contributed by atoms with van der Waals surface area (Å²) in [4.78, 5) is 25.2. The second kappa shape index (κ2) is 8.15. The second-order valence-electron chi connectivity index (χ2n) is 6.54. The van der Waals surface area contributed by atoms with Gasteiger partial charge in [-0.1, -0.05) is 32.9 Å². The Labute approximate surface area is 142 Å². The SMILES string of the molecule is CCc1ccc(OC[C@@H](O)CN2C(=O)N[C@H](CC(C)C)C2=O)cc1. The molecule has 24 heavy (non-hydrogen) atoms. The Balaban J connectivity index is 1.83. The van der Waals surface area contributed by atoms with E-state index in [-0.39, 0.29) is 19.1 Å². The first-order chi connectivity index (χ1) is 11.4. The topological polar surface area (TPSA) is 78.9 Å². The first-order valence-electron chi connectivity index (χ1n) is 8.42. The number of hydrogen-bond donors (Lipinski definition) is 2. The fraction of sp³-hybridized carbons (Fsp3) is 0.556. The van der Waals surface area contributed by atoms with Gasteiger partial charge >= 0.3 is 6.03 Å². The minimum absolute atomic E-state index is 0.0252. The van der Waals surface area contributed by atoms with Crippen molar-refractivity contribution in [2.45, 2.75) is 45.8 Å². The van der Waals surface area contributed by atoms with E-state index in [1.807, 2.05) is 38.1 Å². The van der Waals surface area contributed by atoms with Crippen molar-refractivity contribution in [2.75, 3.05) is 13.2 Å². The standard InChI is InChI=1S/C18H26N2O4/c1-4-13-5-7-15(8-6-13)24-11-14(21)10-20-17(22)16(9-12(2)3)19-18(20)23/h5-8,12,14,16,21H,4,9-11H2,1-3H3,(H,19,23)/t14-,16+/m0/s1. The lowest BCUT2D eigenvalue weighted by Gasteiger charge is -2.18. The fourth-order valence-electron chi connectivity index (χ4n) is 2.66. The highest BCUT2D eigenvalue weighted by Crippen LogP contribution is 2.16. The van der Waals surface area contributed by atoms with Gasteiger partial charge in [0.05, 0.1) is 6.54 Å². The zero-order valence-electron chi connectivity index (χ0n) is 14.5. The number of nitrogens with zero attached hydrogens (tertiary/aromatic N) is 1. The summed E-state index contributed by atoms with van der Waals surface area (Å²) < 4.78 is 5.52. The molecule has 132 valence electrons. The molecule has 0 radical (unpaired) electrons. The minimum Gasteiger partial charge on any atom is -0.491 e. The average molecular weight is 334 g/mol. The monoisotopic (exact) mass is 334 g/mol. The number of urea groups is 1. The van der Waals surface area contributed by atoms with Crippen LogP contribution in [-0.4, -0.2) is 47.2 Å². The number of benzene rings is 1. The van der Waals surface area contributed by atoms with E-state index in [1.165, 1.54) is 5.56 Å². The average Bonchev–Trinajstić information content (AvgIpc) is 2.80. The molecule has 1 aliphatic rings. The Bertz CT molecular complexity index is 571. The summed E-state index contributed by atoms with van der Waals surface area (Å²) in [5, 5.41) is 12.7. The number of ether oxygens (including phenoxy) is 1. The number of hydrogen-bond acceptors (Lipinski definition) is 4. The number of β-amino-alcohol motifs (C(OH)–C–C–N with tert-alkyl or cyclic N) is 1. The molecule has 0 aliphatic carbocycles. The largest absolute Gasteiger partial charge is 0.491 e. The van der Waals surface area contributed by atoms with Crippen LogP contribution in [0.2, 0.25) is 0 Å². The van der Waals surface area contributed by atoms with Crippen LogP contribution in [0.3, 0.4) is 0 Å². The van der Waals surface area contributed by atoms with Crippen molar-refractivity contribution in [3.8, 4) is 5.75 Å². The highest BCUT2D eigenvalue weighted by molar-refractivity contribution is 6.04. The van der Waals surface area contributed by atoms with Crippen LogP contribution < -0.4 is 10.1 Å². The van der Waals surface area contributed by atoms with Gasteiger partial charge in [-0.2, -0.15) is 0 Å². The van der Waals surface area contributed by atoms with Crippen molar-refractivity contribution in [1.82, 2.24) is 10.2 Å². The molecule has 1 aliphatic heterocycles. The van der Waals surface area contributed by atoms with E-state index in [4.69, 9.17) is 4.74 Å². The third-order valence-electron chi connectivity index (χ3n) is 3.98. The second-order valence-corrected chi connectivity index (χ2v) is 6.54. The Morgan fingerprint density at radius 1 is 1.25 bits per heavy atom. The lowest BCUT2D eigenvalue weighted by Crippen LogP contribution is -2.40. The van der Waals surface area contributed by atoms with Crippen molar-refractivity contribution >= 4 is 11.9 Å². The fourth-order valence-corrected chi connectivity index (χ4v) is 2.66. The maximum absolute atomic E-state index is 12.2. The van der Waals surface area contributed by atoms with Crippen LogP contribution in [0, 0.1) is 5.92 Å². The van der Waals surface area contributed by atoms with Gasteiger partial charge in [-0.15, -0.1) is 0 Å². The minimum atomic E-state index is -0.927. The summed E-state index contributed by atoms with van der Waals surface area (Å²) in [5.41, 5.74) is 1.21. The summed E-state index contributed by atoms with van der Waals surface area (Å²) in [6.45, 7) is 6.02. The smallest absolute Gasteiger partial charge is 0.324 e. The van der Waals surface area contributed by atoms with E-state index in [0.717, 1.165) is 11.3 Å². The van der Waals surface area contributed by atoms with Gasteiger partial charge in [0, 0.05) is 0 Å². The molecule has 0 saturated carbocycles. The Kier molecular flexibility index (Phi) is 6.20. The predicted octanol–water partition coefficient (Wildman–Crippen LogP) is 1.96. The molecule has 6 nitrogen and oxygen atoms in total.